The van der Waals surface area contributed by atoms with Gasteiger partial charge in [-0.25, -0.2) is 55.3 Å². The fourth-order valence-corrected chi connectivity index (χ4v) is 16.2. The first kappa shape index (κ1) is 90.0. The molecule has 642 valence electrons. The predicted molar refractivity (Wildman–Crippen MR) is 465 cm³/mol. The van der Waals surface area contributed by atoms with Crippen molar-refractivity contribution in [2.75, 3.05) is 74.0 Å². The Morgan fingerprint density at radius 1 is 0.397 bits per heavy atom. The van der Waals surface area contributed by atoms with Gasteiger partial charge in [-0.2, -0.15) is 0 Å². The van der Waals surface area contributed by atoms with Gasteiger partial charge < -0.3 is 60.2 Å². The highest BCUT2D eigenvalue weighted by Gasteiger charge is 2.34. The number of hydrogen-bond acceptors (Lipinski definition) is 15. The van der Waals surface area contributed by atoms with Crippen LogP contribution in [-0.4, -0.2) is 161 Å². The molecule has 3 saturated heterocycles. The number of morpholine rings is 3. The third-order valence-corrected chi connectivity index (χ3v) is 22.6. The van der Waals surface area contributed by atoms with Crippen molar-refractivity contribution in [3.63, 3.8) is 0 Å². The Labute approximate surface area is 732 Å². The Kier molecular flexibility index (Phi) is 28.4. The third-order valence-electron chi connectivity index (χ3n) is 21.6. The van der Waals surface area contributed by atoms with Gasteiger partial charge in [0.15, 0.2) is 17.1 Å². The molecule has 3 amide bonds. The summed E-state index contributed by atoms with van der Waals surface area (Å²) in [6.07, 6.45) is 4.21. The van der Waals surface area contributed by atoms with Crippen LogP contribution in [0.5, 0.6) is 0 Å². The van der Waals surface area contributed by atoms with Crippen LogP contribution in [0.25, 0.3) is 80.6 Å². The zero-order valence-electron chi connectivity index (χ0n) is 67.2. The molecule has 0 bridgehead atoms. The molecule has 6 atom stereocenters. The number of fused-ring (bicyclic) bond motifs is 3. The lowest BCUT2D eigenvalue weighted by molar-refractivity contribution is -0.140. The zero-order valence-corrected chi connectivity index (χ0v) is 69.5. The topological polar surface area (TPSA) is 288 Å². The number of carbonyl (C=O) groups is 6. The van der Waals surface area contributed by atoms with E-state index < -0.39 is 105 Å². The second kappa shape index (κ2) is 39.8. The number of halogens is 9. The molecule has 0 aliphatic carbocycles. The number of carboxylic acids is 3. The molecular formula is C93H75Cl3F6N12O12. The van der Waals surface area contributed by atoms with Crippen molar-refractivity contribution in [1.82, 2.24) is 30.9 Å². The Morgan fingerprint density at radius 3 is 0.865 bits per heavy atom. The normalized spacial score (nSPS) is 15.7. The molecule has 6 heterocycles. The van der Waals surface area contributed by atoms with Gasteiger partial charge >= 0.3 is 17.9 Å². The number of carboxylic acid groups (broad SMARTS) is 3. The second-order valence-corrected chi connectivity index (χ2v) is 31.0. The number of nitrogens with one attached hydrogen (secondary N) is 3. The van der Waals surface area contributed by atoms with Crippen LogP contribution in [0, 0.1) is 54.6 Å². The number of pyridine rings is 3. The molecule has 3 aromatic heterocycles. The molecule has 33 heteroatoms. The number of amides is 3. The lowest BCUT2D eigenvalue weighted by Crippen LogP contribution is -2.44. The van der Waals surface area contributed by atoms with Crippen LogP contribution in [0.3, 0.4) is 0 Å². The molecule has 3 fully saturated rings. The van der Waals surface area contributed by atoms with Crippen molar-refractivity contribution in [2.24, 2.45) is 0 Å². The van der Waals surface area contributed by atoms with E-state index in [1.807, 2.05) is 20.8 Å². The number of aliphatic carboxylic acids is 3. The minimum Gasteiger partial charge on any atom is -0.480 e. The first-order chi connectivity index (χ1) is 60.5. The average molecular weight is 1770 g/mol. The Bertz CT molecular complexity index is 5760. The molecule has 0 spiro atoms. The number of ether oxygens (including phenoxy) is 3. The largest absolute Gasteiger partial charge is 0.480 e. The standard InChI is InChI=1S/3C31H25ClF2N4O4/c3*1-17-16-42-11-10-38(17)20-14-25(33)28(26(34)15-20)30(39)37-27(31(40)41)12-18-5-7-23(29-21(18)4-3-9-36-29)22-8-6-19(35-2)13-24(22)32/h3*3-9,13-15,17,27H,10-12,16H2,1H3,(H,37,39)(H,40,41)/t17?,27-;17-,27+;17-,27-/m010/s1. The van der Waals surface area contributed by atoms with E-state index in [-0.39, 0.29) is 54.5 Å². The van der Waals surface area contributed by atoms with Crippen molar-refractivity contribution < 1.29 is 84.6 Å². The van der Waals surface area contributed by atoms with Crippen molar-refractivity contribution >= 4 is 137 Å². The number of carbonyl (C=O) groups excluding carboxylic acids is 3. The van der Waals surface area contributed by atoms with Gasteiger partial charge in [0.25, 0.3) is 17.7 Å². The maximum Gasteiger partial charge on any atom is 0.326 e. The first-order valence-corrected chi connectivity index (χ1v) is 40.4. The molecule has 24 nitrogen and oxygen atoms in total. The van der Waals surface area contributed by atoms with Gasteiger partial charge in [0.2, 0.25) is 0 Å². The summed E-state index contributed by atoms with van der Waals surface area (Å²) in [5.41, 5.74) is 6.58. The van der Waals surface area contributed by atoms with Gasteiger partial charge in [-0.1, -0.05) is 126 Å². The molecule has 1 unspecified atom stereocenters. The van der Waals surface area contributed by atoms with Gasteiger partial charge in [-0.3, -0.25) is 29.3 Å². The van der Waals surface area contributed by atoms with Gasteiger partial charge in [0, 0.05) is 141 Å². The van der Waals surface area contributed by atoms with E-state index in [2.05, 4.69) is 45.4 Å². The van der Waals surface area contributed by atoms with E-state index in [9.17, 15) is 44.1 Å². The second-order valence-electron chi connectivity index (χ2n) is 29.8. The third kappa shape index (κ3) is 20.0. The number of nitrogens with zero attached hydrogens (tertiary/aromatic N) is 9. The SMILES string of the molecule is [C-]#[N+]c1ccc(-c2ccc(C[C@H](NC(=O)c3c(F)cc(N4CCOCC4C)cc3F)C(=O)O)c3cccnc23)c(Cl)c1.[C-]#[N+]c1ccc(-c2ccc(C[C@H](NC(=O)c3c(F)cc(N4CCOC[C@@H]4C)cc3F)C(=O)O)c3cccnc23)c(Cl)c1.[C-]#[N+]c1ccc(-c2ccc(C[C@H](NC(=O)c3c(F)cc(N4CCOC[C@H]4C)cc3F)C(=O)O)c3cccnc23)c(Cl)c1. The number of aromatic nitrogens is 3. The van der Waals surface area contributed by atoms with E-state index in [0.29, 0.717) is 174 Å². The Morgan fingerprint density at radius 2 is 0.643 bits per heavy atom. The van der Waals surface area contributed by atoms with E-state index in [1.54, 1.807) is 161 Å². The quantitative estimate of drug-likeness (QED) is 0.0288. The van der Waals surface area contributed by atoms with Crippen LogP contribution < -0.4 is 30.7 Å². The van der Waals surface area contributed by atoms with Crippen LogP contribution in [0.1, 0.15) is 68.5 Å². The Balaban J connectivity index is 0.000000162. The van der Waals surface area contributed by atoms with Crippen molar-refractivity contribution in [3.05, 3.63) is 300 Å². The van der Waals surface area contributed by atoms with Crippen molar-refractivity contribution in [1.29, 1.82) is 0 Å². The summed E-state index contributed by atoms with van der Waals surface area (Å²) in [5.74, 6) is -14.2. The highest BCUT2D eigenvalue weighted by Crippen LogP contribution is 2.41. The van der Waals surface area contributed by atoms with Crippen molar-refractivity contribution in [3.8, 4) is 33.4 Å². The molecule has 126 heavy (non-hydrogen) atoms. The number of hydrogen-bond donors (Lipinski definition) is 6. The van der Waals surface area contributed by atoms with Crippen LogP contribution >= 0.6 is 34.8 Å². The molecule has 9 aromatic carbocycles. The minimum atomic E-state index is -1.49. The molecule has 6 N–H and O–H groups in total. The van der Waals surface area contributed by atoms with Crippen LogP contribution in [-0.2, 0) is 47.9 Å². The molecule has 3 aliphatic rings. The van der Waals surface area contributed by atoms with E-state index in [0.717, 1.165) is 36.4 Å². The van der Waals surface area contributed by atoms with E-state index >= 15 is 26.3 Å². The predicted octanol–water partition coefficient (Wildman–Crippen LogP) is 18.1. The Hall–Kier alpha value is -13.8. The summed E-state index contributed by atoms with van der Waals surface area (Å²) >= 11 is 19.3. The highest BCUT2D eigenvalue weighted by atomic mass is 35.5. The molecule has 0 saturated carbocycles. The number of rotatable bonds is 21. The maximum atomic E-state index is 15.1. The maximum absolute atomic E-state index is 15.1. The summed E-state index contributed by atoms with van der Waals surface area (Å²) in [6, 6.07) is 36.9. The lowest BCUT2D eigenvalue weighted by Gasteiger charge is -2.35. The van der Waals surface area contributed by atoms with Crippen molar-refractivity contribution in [2.45, 2.75) is 76.3 Å². The van der Waals surface area contributed by atoms with Crippen LogP contribution in [0.2, 0.25) is 15.1 Å². The summed E-state index contributed by atoms with van der Waals surface area (Å²) in [6.45, 7) is 30.9. The summed E-state index contributed by atoms with van der Waals surface area (Å²) in [5, 5.41) is 39.5. The molecular weight excluding hydrogens is 1700 g/mol. The number of benzene rings is 9. The summed E-state index contributed by atoms with van der Waals surface area (Å²) < 4.78 is 107. The molecule has 3 aliphatic heterocycles. The van der Waals surface area contributed by atoms with E-state index in [1.165, 1.54) is 0 Å². The monoisotopic (exact) mass is 1770 g/mol. The van der Waals surface area contributed by atoms with E-state index in [4.69, 9.17) is 68.7 Å². The summed E-state index contributed by atoms with van der Waals surface area (Å²) in [7, 11) is 0. The number of anilines is 3. The zero-order chi connectivity index (χ0) is 89.9. The molecule has 0 radical (unpaired) electrons. The summed E-state index contributed by atoms with van der Waals surface area (Å²) in [4.78, 5) is 104. The van der Waals surface area contributed by atoms with Gasteiger partial charge in [-0.15, -0.1) is 0 Å². The highest BCUT2D eigenvalue weighted by molar-refractivity contribution is 6.35. The smallest absolute Gasteiger partial charge is 0.326 e. The molecule has 12 aromatic rings. The van der Waals surface area contributed by atoms with Crippen LogP contribution in [0.15, 0.2) is 182 Å². The minimum absolute atomic E-state index is 0.113. The van der Waals surface area contributed by atoms with Crippen LogP contribution in [0.4, 0.5) is 60.5 Å². The fourth-order valence-electron chi connectivity index (χ4n) is 15.4. The average Bonchev–Trinajstić information content (AvgIpc) is 0.782. The van der Waals surface area contributed by atoms with Gasteiger partial charge in [0.05, 0.1) is 75.9 Å². The molecule has 15 rings (SSSR count). The fraction of sp³-hybridized carbons (Fsp3) is 0.226. The van der Waals surface area contributed by atoms with Gasteiger partial charge in [-0.05, 0) is 127 Å². The first-order valence-electron chi connectivity index (χ1n) is 39.3. The van der Waals surface area contributed by atoms with Gasteiger partial charge in [0.1, 0.15) is 69.7 Å². The lowest BCUT2D eigenvalue weighted by atomic mass is 9.95.